The number of carbonyl (C=O) groups is 1. The Kier molecular flexibility index (Phi) is 7.39. The average molecular weight is 608 g/mol. The molecule has 7 nitrogen and oxygen atoms in total. The van der Waals surface area contributed by atoms with Gasteiger partial charge in [-0.15, -0.1) is 0 Å². The molecule has 0 atom stereocenters. The molecule has 10 heteroatoms. The molecule has 0 spiro atoms. The van der Waals surface area contributed by atoms with Crippen molar-refractivity contribution in [1.29, 1.82) is 0 Å². The molecule has 2 heterocycles. The molecule has 0 unspecified atom stereocenters. The zero-order valence-corrected chi connectivity index (χ0v) is 23.9. The van der Waals surface area contributed by atoms with Crippen LogP contribution in [0.15, 0.2) is 57.5 Å². The Morgan fingerprint density at radius 1 is 1.07 bits per heavy atom. The number of hydrogen-bond acceptors (Lipinski definition) is 6. The van der Waals surface area contributed by atoms with Crippen molar-refractivity contribution in [2.45, 2.75) is 38.7 Å². The number of aromatic carboxylic acids is 1. The molecule has 1 saturated carbocycles. The number of halogens is 3. The van der Waals surface area contributed by atoms with E-state index in [0.717, 1.165) is 24.2 Å². The predicted molar refractivity (Wildman–Crippen MR) is 156 cm³/mol. The summed E-state index contributed by atoms with van der Waals surface area (Å²) in [7, 11) is 0. The largest absolute Gasteiger partial charge is 0.489 e. The second-order valence-electron chi connectivity index (χ2n) is 9.56. The van der Waals surface area contributed by atoms with E-state index in [-0.39, 0.29) is 17.8 Å². The van der Waals surface area contributed by atoms with Gasteiger partial charge in [0.05, 0.1) is 20.6 Å². The van der Waals surface area contributed by atoms with Crippen LogP contribution in [0.4, 0.5) is 0 Å². The Morgan fingerprint density at radius 3 is 2.54 bits per heavy atom. The first-order valence-electron chi connectivity index (χ1n) is 12.9. The van der Waals surface area contributed by atoms with E-state index < -0.39 is 5.97 Å². The van der Waals surface area contributed by atoms with Gasteiger partial charge in [-0.25, -0.2) is 9.78 Å². The summed E-state index contributed by atoms with van der Waals surface area (Å²) in [5, 5.41) is 15.3. The minimum atomic E-state index is -1.12. The quantitative estimate of drug-likeness (QED) is 0.185. The van der Waals surface area contributed by atoms with E-state index in [9.17, 15) is 9.90 Å². The summed E-state index contributed by atoms with van der Waals surface area (Å²) in [6.07, 6.45) is 2.59. The third-order valence-corrected chi connectivity index (χ3v) is 7.64. The maximum atomic E-state index is 11.8. The average Bonchev–Trinajstić information content (AvgIpc) is 3.57. The summed E-state index contributed by atoms with van der Waals surface area (Å²) < 4.78 is 17.4. The fourth-order valence-corrected chi connectivity index (χ4v) is 5.29. The van der Waals surface area contributed by atoms with Crippen molar-refractivity contribution in [2.75, 3.05) is 0 Å². The number of rotatable bonds is 7. The summed E-state index contributed by atoms with van der Waals surface area (Å²) in [6, 6.07) is 13.6. The number of ether oxygens (including phenoxy) is 1. The van der Waals surface area contributed by atoms with Crippen LogP contribution in [0.2, 0.25) is 15.1 Å². The van der Waals surface area contributed by atoms with Crippen LogP contribution < -0.4 is 4.74 Å². The molecule has 206 valence electrons. The highest BCUT2D eigenvalue weighted by Gasteiger charge is 2.33. The van der Waals surface area contributed by atoms with Gasteiger partial charge >= 0.3 is 5.97 Å². The van der Waals surface area contributed by atoms with E-state index >= 15 is 0 Å². The number of carboxylic acids is 1. The standard InChI is InChI=1S/C31H21Cl3N2O5/c1-2-26-35-25-13-16(12-20(31(37)38)30(25)40-26)6-7-17-10-11-19(14-24(17)34)39-15-21-28(36-41-29(21)18-8-9-18)27-22(32)4-3-5-23(27)33/h3-5,10-14,18H,2,8-9,15H2,1H3,(H,37,38). The molecule has 2 aromatic heterocycles. The first-order valence-corrected chi connectivity index (χ1v) is 14.0. The van der Waals surface area contributed by atoms with E-state index in [1.807, 2.05) is 6.92 Å². The molecule has 1 aliphatic rings. The third kappa shape index (κ3) is 5.51. The number of oxazole rings is 1. The molecule has 5 aromatic rings. The highest BCUT2D eigenvalue weighted by molar-refractivity contribution is 6.39. The Bertz CT molecular complexity index is 1860. The van der Waals surface area contributed by atoms with Crippen molar-refractivity contribution in [3.63, 3.8) is 0 Å². The maximum Gasteiger partial charge on any atom is 0.339 e. The molecule has 1 N–H and O–H groups in total. The second kappa shape index (κ2) is 11.1. The van der Waals surface area contributed by atoms with Crippen molar-refractivity contribution in [2.24, 2.45) is 0 Å². The molecule has 0 bridgehead atoms. The molecule has 6 rings (SSSR count). The van der Waals surface area contributed by atoms with Crippen molar-refractivity contribution in [3.8, 4) is 28.8 Å². The van der Waals surface area contributed by atoms with Crippen LogP contribution in [0.25, 0.3) is 22.4 Å². The normalized spacial score (nSPS) is 12.8. The van der Waals surface area contributed by atoms with Gasteiger partial charge in [-0.05, 0) is 49.2 Å². The minimum Gasteiger partial charge on any atom is -0.489 e. The Balaban J connectivity index is 1.25. The number of nitrogens with zero attached hydrogens (tertiary/aromatic N) is 2. The smallest absolute Gasteiger partial charge is 0.339 e. The lowest BCUT2D eigenvalue weighted by atomic mass is 10.0. The summed E-state index contributed by atoms with van der Waals surface area (Å²) in [5.74, 6) is 6.95. The fourth-order valence-electron chi connectivity index (χ4n) is 4.49. The number of hydrogen-bond donors (Lipinski definition) is 1. The van der Waals surface area contributed by atoms with E-state index in [0.29, 0.717) is 66.9 Å². The molecule has 0 aliphatic heterocycles. The van der Waals surface area contributed by atoms with Gasteiger partial charge in [-0.2, -0.15) is 0 Å². The van der Waals surface area contributed by atoms with Crippen LogP contribution in [0.3, 0.4) is 0 Å². The van der Waals surface area contributed by atoms with Crippen LogP contribution in [0.1, 0.15) is 64.4 Å². The predicted octanol–water partition coefficient (Wildman–Crippen LogP) is 8.56. The SMILES string of the molecule is CCc1nc2cc(C#Cc3ccc(OCc4c(-c5c(Cl)cccc5Cl)noc4C4CC4)cc3Cl)cc(C(=O)O)c2o1. The number of aromatic nitrogens is 2. The van der Waals surface area contributed by atoms with Gasteiger partial charge in [-0.3, -0.25) is 0 Å². The van der Waals surface area contributed by atoms with E-state index in [1.165, 1.54) is 6.07 Å². The molecule has 41 heavy (non-hydrogen) atoms. The summed E-state index contributed by atoms with van der Waals surface area (Å²) >= 11 is 19.5. The Hall–Kier alpha value is -3.96. The Morgan fingerprint density at radius 2 is 1.85 bits per heavy atom. The van der Waals surface area contributed by atoms with E-state index in [1.54, 1.807) is 42.5 Å². The zero-order valence-electron chi connectivity index (χ0n) is 21.6. The highest BCUT2D eigenvalue weighted by Crippen LogP contribution is 2.46. The molecule has 0 saturated heterocycles. The minimum absolute atomic E-state index is 0.00518. The number of carboxylic acid groups (broad SMARTS) is 1. The molecule has 1 fully saturated rings. The van der Waals surface area contributed by atoms with Gasteiger partial charge < -0.3 is 18.8 Å². The van der Waals surface area contributed by atoms with Crippen molar-refractivity contribution in [1.82, 2.24) is 10.1 Å². The Labute approximate surface area is 250 Å². The number of benzene rings is 3. The van der Waals surface area contributed by atoms with Gasteiger partial charge in [-0.1, -0.05) is 64.8 Å². The molecule has 3 aromatic carbocycles. The van der Waals surface area contributed by atoms with Gasteiger partial charge in [0.2, 0.25) is 0 Å². The van der Waals surface area contributed by atoms with Crippen molar-refractivity contribution >= 4 is 51.9 Å². The molecule has 0 amide bonds. The maximum absolute atomic E-state index is 11.8. The lowest BCUT2D eigenvalue weighted by Crippen LogP contribution is -2.00. The topological polar surface area (TPSA) is 98.6 Å². The van der Waals surface area contributed by atoms with Crippen molar-refractivity contribution in [3.05, 3.63) is 97.5 Å². The summed E-state index contributed by atoms with van der Waals surface area (Å²) in [6.45, 7) is 2.07. The van der Waals surface area contributed by atoms with E-state index in [4.69, 9.17) is 48.5 Å². The van der Waals surface area contributed by atoms with Crippen LogP contribution in [-0.2, 0) is 13.0 Å². The van der Waals surface area contributed by atoms with Crippen molar-refractivity contribution < 1.29 is 23.6 Å². The first-order chi connectivity index (χ1) is 19.8. The lowest BCUT2D eigenvalue weighted by molar-refractivity contribution is 0.0697. The van der Waals surface area contributed by atoms with Crippen LogP contribution in [0, 0.1) is 11.8 Å². The molecular formula is C31H21Cl3N2O5. The highest BCUT2D eigenvalue weighted by atomic mass is 35.5. The third-order valence-electron chi connectivity index (χ3n) is 6.70. The van der Waals surface area contributed by atoms with Gasteiger partial charge in [0.15, 0.2) is 11.5 Å². The molecular weight excluding hydrogens is 587 g/mol. The first kappa shape index (κ1) is 27.2. The molecule has 1 aliphatic carbocycles. The second-order valence-corrected chi connectivity index (χ2v) is 10.8. The van der Waals surface area contributed by atoms with Crippen LogP contribution in [-0.4, -0.2) is 21.2 Å². The van der Waals surface area contributed by atoms with Gasteiger partial charge in [0, 0.05) is 35.1 Å². The summed E-state index contributed by atoms with van der Waals surface area (Å²) in [4.78, 5) is 16.1. The lowest BCUT2D eigenvalue weighted by Gasteiger charge is -2.10. The van der Waals surface area contributed by atoms with Gasteiger partial charge in [0.25, 0.3) is 0 Å². The fraction of sp³-hybridized carbons (Fsp3) is 0.194. The van der Waals surface area contributed by atoms with E-state index in [2.05, 4.69) is 22.0 Å². The number of aryl methyl sites for hydroxylation is 1. The van der Waals surface area contributed by atoms with Crippen LogP contribution in [0.5, 0.6) is 5.75 Å². The van der Waals surface area contributed by atoms with Crippen LogP contribution >= 0.6 is 34.8 Å². The van der Waals surface area contributed by atoms with Gasteiger partial charge in [0.1, 0.15) is 34.9 Å². The zero-order chi connectivity index (χ0) is 28.7. The number of fused-ring (bicyclic) bond motifs is 1. The molecule has 0 radical (unpaired) electrons. The summed E-state index contributed by atoms with van der Waals surface area (Å²) in [5.41, 5.74) is 3.68. The monoisotopic (exact) mass is 606 g/mol.